The first-order chi connectivity index (χ1) is 11.3. The summed E-state index contributed by atoms with van der Waals surface area (Å²) < 4.78 is 0. The van der Waals surface area contributed by atoms with E-state index in [1.165, 1.54) is 31.3 Å². The molecule has 5 heteroatoms. The van der Waals surface area contributed by atoms with E-state index >= 15 is 0 Å². The molecule has 0 bridgehead atoms. The zero-order valence-electron chi connectivity index (χ0n) is 13.1. The van der Waals surface area contributed by atoms with Crippen molar-refractivity contribution in [3.8, 4) is 10.6 Å². The third-order valence-electron chi connectivity index (χ3n) is 3.97. The van der Waals surface area contributed by atoms with Crippen LogP contribution in [0.2, 0.25) is 0 Å². The van der Waals surface area contributed by atoms with Crippen LogP contribution in [0.1, 0.15) is 37.8 Å². The van der Waals surface area contributed by atoms with Crippen LogP contribution in [0, 0.1) is 0 Å². The molecule has 3 rings (SSSR count). The second-order valence-corrected chi connectivity index (χ2v) is 6.62. The molecule has 0 radical (unpaired) electrons. The number of nitrogens with one attached hydrogen (secondary N) is 1. The molecule has 1 aliphatic rings. The largest absolute Gasteiger partial charge is 0.355 e. The first-order valence-corrected chi connectivity index (χ1v) is 8.98. The SMILES string of the molecule is O=C(Cc1csc(-c2ccncc2)n1)NCCC1=CCCCC1. The van der Waals surface area contributed by atoms with Crippen molar-refractivity contribution < 1.29 is 4.79 Å². The van der Waals surface area contributed by atoms with Gasteiger partial charge in [0, 0.05) is 29.9 Å². The Kier molecular flexibility index (Phi) is 5.53. The molecule has 120 valence electrons. The van der Waals surface area contributed by atoms with Crippen LogP contribution in [0.5, 0.6) is 0 Å². The smallest absolute Gasteiger partial charge is 0.226 e. The first-order valence-electron chi connectivity index (χ1n) is 8.10. The molecule has 2 heterocycles. The van der Waals surface area contributed by atoms with Crippen LogP contribution in [-0.4, -0.2) is 22.4 Å². The minimum atomic E-state index is 0.0491. The molecule has 0 fully saturated rings. The molecular formula is C18H21N3OS. The van der Waals surface area contributed by atoms with Crippen LogP contribution in [-0.2, 0) is 11.2 Å². The van der Waals surface area contributed by atoms with Crippen LogP contribution in [0.15, 0.2) is 41.6 Å². The fraction of sp³-hybridized carbons (Fsp3) is 0.389. The summed E-state index contributed by atoms with van der Waals surface area (Å²) in [5.41, 5.74) is 3.36. The van der Waals surface area contributed by atoms with Crippen molar-refractivity contribution in [3.63, 3.8) is 0 Å². The molecule has 23 heavy (non-hydrogen) atoms. The molecule has 1 aliphatic carbocycles. The second kappa shape index (κ2) is 8.02. The lowest BCUT2D eigenvalue weighted by molar-refractivity contribution is -0.120. The monoisotopic (exact) mass is 327 g/mol. The van der Waals surface area contributed by atoms with Crippen LogP contribution in [0.3, 0.4) is 0 Å². The van der Waals surface area contributed by atoms with E-state index in [0.29, 0.717) is 6.42 Å². The number of amides is 1. The van der Waals surface area contributed by atoms with E-state index < -0.39 is 0 Å². The number of nitrogens with zero attached hydrogens (tertiary/aromatic N) is 2. The van der Waals surface area contributed by atoms with Gasteiger partial charge in [-0.15, -0.1) is 11.3 Å². The summed E-state index contributed by atoms with van der Waals surface area (Å²) in [5, 5.41) is 5.89. The van der Waals surface area contributed by atoms with Gasteiger partial charge in [-0.05, 0) is 44.2 Å². The maximum absolute atomic E-state index is 12.0. The molecule has 4 nitrogen and oxygen atoms in total. The summed E-state index contributed by atoms with van der Waals surface area (Å²) in [6.07, 6.45) is 12.1. The lowest BCUT2D eigenvalue weighted by Gasteiger charge is -2.12. The Balaban J connectivity index is 1.46. The van der Waals surface area contributed by atoms with E-state index in [2.05, 4.69) is 21.4 Å². The van der Waals surface area contributed by atoms with Gasteiger partial charge in [0.05, 0.1) is 12.1 Å². The number of thiazole rings is 1. The van der Waals surface area contributed by atoms with Gasteiger partial charge in [0.15, 0.2) is 0 Å². The highest BCUT2D eigenvalue weighted by Gasteiger charge is 2.09. The zero-order chi connectivity index (χ0) is 15.9. The molecular weight excluding hydrogens is 306 g/mol. The number of rotatable bonds is 6. The highest BCUT2D eigenvalue weighted by Crippen LogP contribution is 2.23. The first kappa shape index (κ1) is 15.9. The summed E-state index contributed by atoms with van der Waals surface area (Å²) in [6.45, 7) is 0.728. The molecule has 1 N–H and O–H groups in total. The summed E-state index contributed by atoms with van der Waals surface area (Å²) in [5.74, 6) is 0.0491. The number of hydrogen-bond acceptors (Lipinski definition) is 4. The Hall–Kier alpha value is -2.01. The second-order valence-electron chi connectivity index (χ2n) is 5.76. The molecule has 0 aromatic carbocycles. The summed E-state index contributed by atoms with van der Waals surface area (Å²) in [7, 11) is 0. The molecule has 0 aliphatic heterocycles. The third-order valence-corrected chi connectivity index (χ3v) is 4.91. The normalized spacial score (nSPS) is 14.3. The van der Waals surface area contributed by atoms with Crippen molar-refractivity contribution in [2.24, 2.45) is 0 Å². The van der Waals surface area contributed by atoms with Gasteiger partial charge >= 0.3 is 0 Å². The average Bonchev–Trinajstić information content (AvgIpc) is 3.05. The maximum Gasteiger partial charge on any atom is 0.226 e. The Morgan fingerprint density at radius 2 is 2.13 bits per heavy atom. The van der Waals surface area contributed by atoms with Gasteiger partial charge in [0.1, 0.15) is 5.01 Å². The van der Waals surface area contributed by atoms with Crippen molar-refractivity contribution >= 4 is 17.2 Å². The Morgan fingerprint density at radius 1 is 1.26 bits per heavy atom. The highest BCUT2D eigenvalue weighted by molar-refractivity contribution is 7.13. The van der Waals surface area contributed by atoms with E-state index in [4.69, 9.17) is 0 Å². The molecule has 1 amide bonds. The minimum absolute atomic E-state index is 0.0491. The van der Waals surface area contributed by atoms with Gasteiger partial charge in [0.2, 0.25) is 5.91 Å². The number of carbonyl (C=O) groups excluding carboxylic acids is 1. The van der Waals surface area contributed by atoms with Gasteiger partial charge in [-0.25, -0.2) is 4.98 Å². The molecule has 0 atom stereocenters. The van der Waals surface area contributed by atoms with Crippen LogP contribution in [0.25, 0.3) is 10.6 Å². The predicted octanol–water partition coefficient (Wildman–Crippen LogP) is 3.75. The summed E-state index contributed by atoms with van der Waals surface area (Å²) >= 11 is 1.56. The van der Waals surface area contributed by atoms with Crippen molar-refractivity contribution in [1.29, 1.82) is 0 Å². The third kappa shape index (κ3) is 4.73. The van der Waals surface area contributed by atoms with Crippen molar-refractivity contribution in [2.45, 2.75) is 38.5 Å². The maximum atomic E-state index is 12.0. The van der Waals surface area contributed by atoms with Crippen molar-refractivity contribution in [3.05, 3.63) is 47.2 Å². The fourth-order valence-electron chi connectivity index (χ4n) is 2.74. The lowest BCUT2D eigenvalue weighted by atomic mass is 9.97. The van der Waals surface area contributed by atoms with Crippen molar-refractivity contribution in [2.75, 3.05) is 6.54 Å². The Labute approximate surface area is 140 Å². The van der Waals surface area contributed by atoms with Gasteiger partial charge in [0.25, 0.3) is 0 Å². The van der Waals surface area contributed by atoms with Gasteiger partial charge in [-0.3, -0.25) is 9.78 Å². The van der Waals surface area contributed by atoms with Crippen molar-refractivity contribution in [1.82, 2.24) is 15.3 Å². The van der Waals surface area contributed by atoms with Crippen LogP contribution in [0.4, 0.5) is 0 Å². The molecule has 0 saturated heterocycles. The molecule has 2 aromatic heterocycles. The lowest BCUT2D eigenvalue weighted by Crippen LogP contribution is -2.26. The number of pyridine rings is 1. The van der Waals surface area contributed by atoms with E-state index in [9.17, 15) is 4.79 Å². The van der Waals surface area contributed by atoms with E-state index in [0.717, 1.165) is 29.2 Å². The van der Waals surface area contributed by atoms with E-state index in [-0.39, 0.29) is 5.91 Å². The minimum Gasteiger partial charge on any atom is -0.355 e. The highest BCUT2D eigenvalue weighted by atomic mass is 32.1. The van der Waals surface area contributed by atoms with Gasteiger partial charge in [-0.2, -0.15) is 0 Å². The standard InChI is InChI=1S/C18H21N3OS/c22-17(20-11-6-14-4-2-1-3-5-14)12-16-13-23-18(21-16)15-7-9-19-10-8-15/h4,7-10,13H,1-3,5-6,11-12H2,(H,20,22). The van der Waals surface area contributed by atoms with Crippen LogP contribution < -0.4 is 5.32 Å². The molecule has 0 unspecified atom stereocenters. The van der Waals surface area contributed by atoms with Crippen LogP contribution >= 0.6 is 11.3 Å². The topological polar surface area (TPSA) is 54.9 Å². The number of aromatic nitrogens is 2. The summed E-state index contributed by atoms with van der Waals surface area (Å²) in [4.78, 5) is 20.6. The summed E-state index contributed by atoms with van der Waals surface area (Å²) in [6, 6.07) is 3.86. The van der Waals surface area contributed by atoms with E-state index in [1.807, 2.05) is 17.5 Å². The molecule has 0 saturated carbocycles. The van der Waals surface area contributed by atoms with E-state index in [1.54, 1.807) is 23.7 Å². The number of hydrogen-bond donors (Lipinski definition) is 1. The zero-order valence-corrected chi connectivity index (χ0v) is 13.9. The molecule has 2 aromatic rings. The quantitative estimate of drug-likeness (QED) is 0.822. The molecule has 0 spiro atoms. The van der Waals surface area contributed by atoms with Gasteiger partial charge < -0.3 is 5.32 Å². The Bertz CT molecular complexity index is 679. The Morgan fingerprint density at radius 3 is 2.91 bits per heavy atom. The number of allylic oxidation sites excluding steroid dienone is 1. The van der Waals surface area contributed by atoms with Gasteiger partial charge in [-0.1, -0.05) is 11.6 Å². The fourth-order valence-corrected chi connectivity index (χ4v) is 3.56. The average molecular weight is 327 g/mol. The predicted molar refractivity (Wildman–Crippen MR) is 93.2 cm³/mol. The number of carbonyl (C=O) groups is 1.